The van der Waals surface area contributed by atoms with Gasteiger partial charge in [0.25, 0.3) is 0 Å². The third kappa shape index (κ3) is 2.80. The number of nitrogens with one attached hydrogen (secondary N) is 1. The summed E-state index contributed by atoms with van der Waals surface area (Å²) in [5, 5.41) is 15.0. The van der Waals surface area contributed by atoms with E-state index in [1.54, 1.807) is 19.1 Å². The first-order chi connectivity index (χ1) is 13.0. The number of fused-ring (bicyclic) bond motifs is 1. The van der Waals surface area contributed by atoms with Crippen LogP contribution in [-0.4, -0.2) is 33.0 Å². The molecule has 1 aliphatic rings. The topological polar surface area (TPSA) is 81.9 Å². The number of benzene rings is 1. The molecule has 27 heavy (non-hydrogen) atoms. The van der Waals surface area contributed by atoms with Gasteiger partial charge in [-0.2, -0.15) is 9.78 Å². The zero-order valence-corrected chi connectivity index (χ0v) is 14.5. The van der Waals surface area contributed by atoms with Crippen LogP contribution in [0.1, 0.15) is 29.2 Å². The standard InChI is InChI=1S/C18H15F2N5O2/c1-9-16-10(17-11(19)4-3-5-12(17)20)8-14(26)21-18(16)25(24-9)13-6-7-15(27-2)23-22-13/h3-7,10H,8H2,1-2H3,(H,21,26)/t10-/m0/s1. The van der Waals surface area contributed by atoms with Crippen molar-refractivity contribution in [3.63, 3.8) is 0 Å². The molecule has 3 heterocycles. The molecule has 0 aliphatic carbocycles. The predicted octanol–water partition coefficient (Wildman–Crippen LogP) is 2.73. The Labute approximate surface area is 153 Å². The fourth-order valence-electron chi connectivity index (χ4n) is 3.34. The molecule has 1 N–H and O–H groups in total. The van der Waals surface area contributed by atoms with Gasteiger partial charge in [0.2, 0.25) is 11.8 Å². The third-order valence-corrected chi connectivity index (χ3v) is 4.50. The van der Waals surface area contributed by atoms with Crippen molar-refractivity contribution in [1.29, 1.82) is 0 Å². The number of ether oxygens (including phenoxy) is 1. The quantitative estimate of drug-likeness (QED) is 0.766. The zero-order chi connectivity index (χ0) is 19.1. The highest BCUT2D eigenvalue weighted by atomic mass is 19.1. The van der Waals surface area contributed by atoms with E-state index >= 15 is 0 Å². The first kappa shape index (κ1) is 17.1. The number of carbonyl (C=O) groups is 1. The first-order valence-corrected chi connectivity index (χ1v) is 8.21. The molecule has 2 aromatic heterocycles. The van der Waals surface area contributed by atoms with Crippen LogP contribution in [0.5, 0.6) is 5.88 Å². The predicted molar refractivity (Wildman–Crippen MR) is 91.9 cm³/mol. The van der Waals surface area contributed by atoms with Crippen molar-refractivity contribution in [3.8, 4) is 11.7 Å². The molecule has 0 unspecified atom stereocenters. The fraction of sp³-hybridized carbons (Fsp3) is 0.222. The van der Waals surface area contributed by atoms with Crippen molar-refractivity contribution in [2.45, 2.75) is 19.3 Å². The van der Waals surface area contributed by atoms with Gasteiger partial charge in [-0.3, -0.25) is 4.79 Å². The lowest BCUT2D eigenvalue weighted by atomic mass is 9.85. The van der Waals surface area contributed by atoms with Gasteiger partial charge in [-0.25, -0.2) is 8.78 Å². The molecule has 0 radical (unpaired) electrons. The van der Waals surface area contributed by atoms with Crippen LogP contribution in [0.15, 0.2) is 30.3 Å². The van der Waals surface area contributed by atoms with Crippen molar-refractivity contribution >= 4 is 11.7 Å². The van der Waals surface area contributed by atoms with Crippen molar-refractivity contribution in [3.05, 3.63) is 58.8 Å². The average molecular weight is 371 g/mol. The van der Waals surface area contributed by atoms with Crippen LogP contribution in [-0.2, 0) is 4.79 Å². The highest BCUT2D eigenvalue weighted by Gasteiger charge is 2.35. The van der Waals surface area contributed by atoms with Crippen LogP contribution >= 0.6 is 0 Å². The van der Waals surface area contributed by atoms with E-state index in [1.165, 1.54) is 30.0 Å². The van der Waals surface area contributed by atoms with E-state index < -0.39 is 17.6 Å². The molecule has 1 atom stereocenters. The summed E-state index contributed by atoms with van der Waals surface area (Å²) < 4.78 is 35.1. The largest absolute Gasteiger partial charge is 0.480 e. The maximum Gasteiger partial charge on any atom is 0.233 e. The van der Waals surface area contributed by atoms with E-state index in [-0.39, 0.29) is 17.9 Å². The summed E-state index contributed by atoms with van der Waals surface area (Å²) in [6.07, 6.45) is -0.0777. The molecule has 4 rings (SSSR count). The molecular weight excluding hydrogens is 356 g/mol. The number of amides is 1. The Balaban J connectivity index is 1.88. The number of rotatable bonds is 3. The highest BCUT2D eigenvalue weighted by molar-refractivity contribution is 5.95. The number of aryl methyl sites for hydroxylation is 1. The lowest BCUT2D eigenvalue weighted by molar-refractivity contribution is -0.116. The second-order valence-corrected chi connectivity index (χ2v) is 6.13. The Bertz CT molecular complexity index is 1010. The number of methoxy groups -OCH3 is 1. The molecule has 0 spiro atoms. The summed E-state index contributed by atoms with van der Waals surface area (Å²) in [4.78, 5) is 12.3. The molecule has 0 bridgehead atoms. The molecule has 1 amide bonds. The number of hydrogen-bond donors (Lipinski definition) is 1. The van der Waals surface area contributed by atoms with Crippen LogP contribution < -0.4 is 10.1 Å². The first-order valence-electron chi connectivity index (χ1n) is 8.21. The Kier molecular flexibility index (Phi) is 4.06. The lowest BCUT2D eigenvalue weighted by Gasteiger charge is -2.24. The Morgan fingerprint density at radius 2 is 1.89 bits per heavy atom. The summed E-state index contributed by atoms with van der Waals surface area (Å²) in [6, 6.07) is 6.88. The van der Waals surface area contributed by atoms with Crippen molar-refractivity contribution in [2.75, 3.05) is 12.4 Å². The van der Waals surface area contributed by atoms with Crippen molar-refractivity contribution in [1.82, 2.24) is 20.0 Å². The number of anilines is 1. The van der Waals surface area contributed by atoms with E-state index in [0.717, 1.165) is 0 Å². The molecule has 1 aliphatic heterocycles. The smallest absolute Gasteiger partial charge is 0.233 e. The minimum Gasteiger partial charge on any atom is -0.480 e. The minimum absolute atomic E-state index is 0.0777. The third-order valence-electron chi connectivity index (χ3n) is 4.50. The Morgan fingerprint density at radius 1 is 1.15 bits per heavy atom. The van der Waals surface area contributed by atoms with Gasteiger partial charge in [-0.1, -0.05) is 6.07 Å². The summed E-state index contributed by atoms with van der Waals surface area (Å²) in [6.45, 7) is 1.72. The average Bonchev–Trinajstić information content (AvgIpc) is 2.98. The SMILES string of the molecule is COc1ccc(-n2nc(C)c3c2NC(=O)C[C@@H]3c2c(F)cccc2F)nn1. The molecule has 0 saturated heterocycles. The van der Waals surface area contributed by atoms with Gasteiger partial charge in [-0.05, 0) is 25.1 Å². The van der Waals surface area contributed by atoms with Crippen molar-refractivity contribution in [2.24, 2.45) is 0 Å². The maximum absolute atomic E-state index is 14.4. The second kappa shape index (κ2) is 6.42. The molecule has 0 fully saturated rings. The summed E-state index contributed by atoms with van der Waals surface area (Å²) in [5.74, 6) is -1.54. The summed E-state index contributed by atoms with van der Waals surface area (Å²) in [7, 11) is 1.47. The maximum atomic E-state index is 14.4. The van der Waals surface area contributed by atoms with Crippen molar-refractivity contribution < 1.29 is 18.3 Å². The molecule has 3 aromatic rings. The molecule has 138 valence electrons. The Morgan fingerprint density at radius 3 is 2.52 bits per heavy atom. The van der Waals surface area contributed by atoms with E-state index in [4.69, 9.17) is 4.74 Å². The number of carbonyl (C=O) groups excluding carboxylic acids is 1. The van der Waals surface area contributed by atoms with Gasteiger partial charge < -0.3 is 10.1 Å². The lowest BCUT2D eigenvalue weighted by Crippen LogP contribution is -2.26. The molecule has 7 nitrogen and oxygen atoms in total. The van der Waals surface area contributed by atoms with Gasteiger partial charge in [0.05, 0.1) is 12.8 Å². The fourth-order valence-corrected chi connectivity index (χ4v) is 3.34. The summed E-state index contributed by atoms with van der Waals surface area (Å²) >= 11 is 0. The number of aromatic nitrogens is 4. The van der Waals surface area contributed by atoms with E-state index in [2.05, 4.69) is 20.6 Å². The summed E-state index contributed by atoms with van der Waals surface area (Å²) in [5.41, 5.74) is 0.948. The van der Waals surface area contributed by atoms with E-state index in [1.807, 2.05) is 0 Å². The van der Waals surface area contributed by atoms with E-state index in [9.17, 15) is 13.6 Å². The normalized spacial score (nSPS) is 16.0. The number of halogens is 2. The zero-order valence-electron chi connectivity index (χ0n) is 14.5. The molecular formula is C18H15F2N5O2. The van der Waals surface area contributed by atoms with Gasteiger partial charge in [0.1, 0.15) is 17.5 Å². The second-order valence-electron chi connectivity index (χ2n) is 6.13. The minimum atomic E-state index is -0.782. The van der Waals surface area contributed by atoms with Crippen LogP contribution in [0.4, 0.5) is 14.6 Å². The monoisotopic (exact) mass is 371 g/mol. The number of nitrogens with zero attached hydrogens (tertiary/aromatic N) is 4. The van der Waals surface area contributed by atoms with Crippen LogP contribution in [0, 0.1) is 18.6 Å². The van der Waals surface area contributed by atoms with Gasteiger partial charge in [-0.15, -0.1) is 10.2 Å². The van der Waals surface area contributed by atoms with Crippen LogP contribution in [0.2, 0.25) is 0 Å². The Hall–Kier alpha value is -3.36. The van der Waals surface area contributed by atoms with E-state index in [0.29, 0.717) is 28.8 Å². The highest BCUT2D eigenvalue weighted by Crippen LogP contribution is 2.41. The van der Waals surface area contributed by atoms with Gasteiger partial charge >= 0.3 is 0 Å². The van der Waals surface area contributed by atoms with Crippen LogP contribution in [0.3, 0.4) is 0 Å². The van der Waals surface area contributed by atoms with Gasteiger partial charge in [0.15, 0.2) is 5.82 Å². The molecule has 0 saturated carbocycles. The molecule has 1 aromatic carbocycles. The molecule has 9 heteroatoms. The van der Waals surface area contributed by atoms with Crippen LogP contribution in [0.25, 0.3) is 5.82 Å². The number of hydrogen-bond acceptors (Lipinski definition) is 5. The van der Waals surface area contributed by atoms with Gasteiger partial charge in [0, 0.05) is 29.5 Å².